The number of sulfone groups is 1. The first kappa shape index (κ1) is 19.1. The molecule has 0 fully saturated rings. The van der Waals surface area contributed by atoms with Crippen molar-refractivity contribution in [3.63, 3.8) is 0 Å². The van der Waals surface area contributed by atoms with Crippen molar-refractivity contribution in [2.75, 3.05) is 11.1 Å². The average Bonchev–Trinajstić information content (AvgIpc) is 2.69. The number of nitrogens with zero attached hydrogens (tertiary/aromatic N) is 2. The van der Waals surface area contributed by atoms with Crippen molar-refractivity contribution in [3.05, 3.63) is 65.9 Å². The summed E-state index contributed by atoms with van der Waals surface area (Å²) < 4.78 is 25.5. The number of amides is 1. The molecule has 0 aliphatic carbocycles. The van der Waals surface area contributed by atoms with Gasteiger partial charge in [0.15, 0.2) is 21.5 Å². The van der Waals surface area contributed by atoms with Gasteiger partial charge in [0.25, 0.3) is 0 Å². The third-order valence-corrected chi connectivity index (χ3v) is 6.58. The molecule has 0 saturated carbocycles. The molecule has 4 rings (SSSR count). The summed E-state index contributed by atoms with van der Waals surface area (Å²) in [6, 6.07) is 16.5. The standard InChI is InChI=1S/C21H20N4O3S/c22-18(26)13-14-8-10-16(11-9-14)23-21-19-17(7-4-12-29(19,27)28)24-20(25-21)15-5-2-1-3-6-15/h1-3,5-6,8-11H,4,7,12-13H2,(H2,22,26)(H,23,24,25). The van der Waals surface area contributed by atoms with Crippen molar-refractivity contribution in [1.82, 2.24) is 9.97 Å². The molecule has 0 unspecified atom stereocenters. The number of carbonyl (C=O) groups excluding carboxylic acids is 1. The second-order valence-corrected chi connectivity index (χ2v) is 8.97. The van der Waals surface area contributed by atoms with Crippen LogP contribution in [0.25, 0.3) is 11.4 Å². The van der Waals surface area contributed by atoms with Crippen LogP contribution in [0.4, 0.5) is 11.5 Å². The number of aryl methyl sites for hydroxylation is 1. The molecule has 0 atom stereocenters. The fraction of sp³-hybridized carbons (Fsp3) is 0.190. The molecule has 0 spiro atoms. The van der Waals surface area contributed by atoms with Crippen molar-refractivity contribution in [2.45, 2.75) is 24.2 Å². The predicted molar refractivity (Wildman–Crippen MR) is 110 cm³/mol. The molecular weight excluding hydrogens is 388 g/mol. The van der Waals surface area contributed by atoms with Gasteiger partial charge in [-0.1, -0.05) is 42.5 Å². The van der Waals surface area contributed by atoms with Gasteiger partial charge in [-0.15, -0.1) is 0 Å². The van der Waals surface area contributed by atoms with Crippen LogP contribution in [0.3, 0.4) is 0 Å². The van der Waals surface area contributed by atoms with Crippen molar-refractivity contribution in [2.24, 2.45) is 5.73 Å². The van der Waals surface area contributed by atoms with Crippen LogP contribution >= 0.6 is 0 Å². The Balaban J connectivity index is 1.77. The molecule has 1 aromatic heterocycles. The minimum Gasteiger partial charge on any atom is -0.369 e. The van der Waals surface area contributed by atoms with Gasteiger partial charge >= 0.3 is 0 Å². The molecule has 1 aliphatic rings. The highest BCUT2D eigenvalue weighted by atomic mass is 32.2. The van der Waals surface area contributed by atoms with Gasteiger partial charge < -0.3 is 11.1 Å². The maximum absolute atomic E-state index is 12.7. The van der Waals surface area contributed by atoms with Crippen LogP contribution in [-0.4, -0.2) is 30.0 Å². The second kappa shape index (κ2) is 7.63. The zero-order chi connectivity index (χ0) is 20.4. The summed E-state index contributed by atoms with van der Waals surface area (Å²) >= 11 is 0. The van der Waals surface area contributed by atoms with Gasteiger partial charge in [-0.25, -0.2) is 18.4 Å². The van der Waals surface area contributed by atoms with Gasteiger partial charge in [0, 0.05) is 11.3 Å². The minimum absolute atomic E-state index is 0.0836. The van der Waals surface area contributed by atoms with Crippen LogP contribution in [0.5, 0.6) is 0 Å². The minimum atomic E-state index is -3.46. The Morgan fingerprint density at radius 2 is 1.76 bits per heavy atom. The van der Waals surface area contributed by atoms with Crippen LogP contribution in [0.1, 0.15) is 17.7 Å². The van der Waals surface area contributed by atoms with Gasteiger partial charge in [0.1, 0.15) is 4.90 Å². The molecule has 7 nitrogen and oxygen atoms in total. The van der Waals surface area contributed by atoms with Crippen molar-refractivity contribution in [3.8, 4) is 11.4 Å². The smallest absolute Gasteiger partial charge is 0.221 e. The Morgan fingerprint density at radius 1 is 1.03 bits per heavy atom. The van der Waals surface area contributed by atoms with Crippen molar-refractivity contribution >= 4 is 27.2 Å². The number of hydrogen-bond donors (Lipinski definition) is 2. The van der Waals surface area contributed by atoms with E-state index in [-0.39, 0.29) is 22.9 Å². The lowest BCUT2D eigenvalue weighted by Gasteiger charge is -2.20. The van der Waals surface area contributed by atoms with Crippen LogP contribution in [-0.2, 0) is 27.5 Å². The van der Waals surface area contributed by atoms with Crippen molar-refractivity contribution in [1.29, 1.82) is 0 Å². The lowest BCUT2D eigenvalue weighted by molar-refractivity contribution is -0.117. The van der Waals surface area contributed by atoms with E-state index >= 15 is 0 Å². The van der Waals surface area contributed by atoms with Crippen LogP contribution in [0, 0.1) is 0 Å². The molecule has 1 aliphatic heterocycles. The van der Waals surface area contributed by atoms with E-state index in [0.29, 0.717) is 30.0 Å². The van der Waals surface area contributed by atoms with E-state index < -0.39 is 15.7 Å². The number of nitrogens with one attached hydrogen (secondary N) is 1. The molecule has 1 amide bonds. The molecule has 0 saturated heterocycles. The molecule has 0 bridgehead atoms. The van der Waals surface area contributed by atoms with Gasteiger partial charge in [-0.3, -0.25) is 4.79 Å². The summed E-state index contributed by atoms with van der Waals surface area (Å²) in [6.07, 6.45) is 1.28. The average molecular weight is 408 g/mol. The number of nitrogens with two attached hydrogens (primary N) is 1. The van der Waals surface area contributed by atoms with Gasteiger partial charge in [-0.2, -0.15) is 0 Å². The number of rotatable bonds is 5. The number of hydrogen-bond acceptors (Lipinski definition) is 6. The Kier molecular flexibility index (Phi) is 5.02. The maximum atomic E-state index is 12.7. The Morgan fingerprint density at radius 3 is 2.45 bits per heavy atom. The molecule has 29 heavy (non-hydrogen) atoms. The number of primary amides is 1. The Hall–Kier alpha value is -3.26. The molecule has 2 heterocycles. The third-order valence-electron chi connectivity index (χ3n) is 4.70. The zero-order valence-electron chi connectivity index (χ0n) is 15.6. The van der Waals surface area contributed by atoms with Crippen LogP contribution in [0.15, 0.2) is 59.5 Å². The fourth-order valence-electron chi connectivity index (χ4n) is 3.37. The molecular formula is C21H20N4O3S. The molecule has 3 N–H and O–H groups in total. The van der Waals surface area contributed by atoms with Crippen LogP contribution < -0.4 is 11.1 Å². The Labute approximate surface area is 168 Å². The Bertz CT molecular complexity index is 1160. The van der Waals surface area contributed by atoms with Gasteiger partial charge in [0.2, 0.25) is 5.91 Å². The highest BCUT2D eigenvalue weighted by molar-refractivity contribution is 7.91. The zero-order valence-corrected chi connectivity index (χ0v) is 16.4. The van der Waals surface area contributed by atoms with Crippen molar-refractivity contribution < 1.29 is 13.2 Å². The first-order chi connectivity index (χ1) is 13.9. The van der Waals surface area contributed by atoms with Crippen LogP contribution in [0.2, 0.25) is 0 Å². The molecule has 0 radical (unpaired) electrons. The summed E-state index contributed by atoms with van der Waals surface area (Å²) in [7, 11) is -3.46. The lowest BCUT2D eigenvalue weighted by atomic mass is 10.1. The summed E-state index contributed by atoms with van der Waals surface area (Å²) in [4.78, 5) is 20.3. The molecule has 148 valence electrons. The maximum Gasteiger partial charge on any atom is 0.221 e. The molecule has 8 heteroatoms. The van der Waals surface area contributed by atoms with E-state index in [4.69, 9.17) is 5.73 Å². The van der Waals surface area contributed by atoms with E-state index in [1.807, 2.05) is 30.3 Å². The normalized spacial score (nSPS) is 14.8. The van der Waals surface area contributed by atoms with Gasteiger partial charge in [0.05, 0.1) is 17.9 Å². The largest absolute Gasteiger partial charge is 0.369 e. The number of aromatic nitrogens is 2. The number of fused-ring (bicyclic) bond motifs is 1. The third kappa shape index (κ3) is 4.12. The summed E-state index contributed by atoms with van der Waals surface area (Å²) in [5, 5.41) is 3.13. The first-order valence-electron chi connectivity index (χ1n) is 9.26. The highest BCUT2D eigenvalue weighted by Crippen LogP contribution is 2.33. The van der Waals surface area contributed by atoms with E-state index in [1.165, 1.54) is 0 Å². The van der Waals surface area contributed by atoms with Gasteiger partial charge in [-0.05, 0) is 30.5 Å². The first-order valence-corrected chi connectivity index (χ1v) is 10.9. The number of carbonyl (C=O) groups is 1. The number of benzene rings is 2. The topological polar surface area (TPSA) is 115 Å². The quantitative estimate of drug-likeness (QED) is 0.671. The summed E-state index contributed by atoms with van der Waals surface area (Å²) in [5.74, 6) is 0.431. The van der Waals surface area contributed by atoms with E-state index in [2.05, 4.69) is 15.3 Å². The number of anilines is 2. The van der Waals surface area contributed by atoms with E-state index in [1.54, 1.807) is 24.3 Å². The fourth-order valence-corrected chi connectivity index (χ4v) is 5.00. The monoisotopic (exact) mass is 408 g/mol. The SMILES string of the molecule is NC(=O)Cc1ccc(Nc2nc(-c3ccccc3)nc3c2S(=O)(=O)CCC3)cc1. The van der Waals surface area contributed by atoms with E-state index in [0.717, 1.165) is 11.1 Å². The predicted octanol–water partition coefficient (Wildman–Crippen LogP) is 2.63. The second-order valence-electron chi connectivity index (χ2n) is 6.93. The molecule has 2 aromatic carbocycles. The highest BCUT2D eigenvalue weighted by Gasteiger charge is 2.30. The summed E-state index contributed by atoms with van der Waals surface area (Å²) in [6.45, 7) is 0. The molecule has 3 aromatic rings. The lowest BCUT2D eigenvalue weighted by Crippen LogP contribution is -2.20. The summed E-state index contributed by atoms with van der Waals surface area (Å²) in [5.41, 5.74) is 8.03. The van der Waals surface area contributed by atoms with E-state index in [9.17, 15) is 13.2 Å².